The molecule has 24 heavy (non-hydrogen) atoms. The largest absolute Gasteiger partial charge is 0.326 e. The molecule has 3 rings (SSSR count). The van der Waals surface area contributed by atoms with Gasteiger partial charge in [-0.3, -0.25) is 9.10 Å². The fourth-order valence-electron chi connectivity index (χ4n) is 2.69. The van der Waals surface area contributed by atoms with Crippen molar-refractivity contribution in [3.8, 4) is 0 Å². The van der Waals surface area contributed by atoms with Crippen molar-refractivity contribution >= 4 is 38.9 Å². The molecule has 0 aromatic heterocycles. The van der Waals surface area contributed by atoms with E-state index in [9.17, 15) is 13.2 Å². The van der Waals surface area contributed by atoms with Crippen LogP contribution in [0.15, 0.2) is 48.5 Å². The second-order valence-electron chi connectivity index (χ2n) is 5.57. The number of nitrogens with one attached hydrogen (secondary N) is 1. The van der Waals surface area contributed by atoms with E-state index in [2.05, 4.69) is 5.32 Å². The first-order valence-electron chi connectivity index (χ1n) is 7.59. The van der Waals surface area contributed by atoms with Crippen molar-refractivity contribution in [2.24, 2.45) is 0 Å². The number of nitrogens with zero attached hydrogens (tertiary/aromatic N) is 1. The van der Waals surface area contributed by atoms with Crippen LogP contribution < -0.4 is 9.62 Å². The average molecular weight is 365 g/mol. The SMILES string of the molecule is O=C(CCS(=O)(=O)N1CCc2ccccc21)Nc1ccc(Cl)cc1. The molecule has 126 valence electrons. The third-order valence-corrected chi connectivity index (χ3v) is 5.92. The summed E-state index contributed by atoms with van der Waals surface area (Å²) in [4.78, 5) is 12.0. The fourth-order valence-corrected chi connectivity index (χ4v) is 4.32. The Morgan fingerprint density at radius 2 is 1.83 bits per heavy atom. The molecular formula is C17H17ClN2O3S. The summed E-state index contributed by atoms with van der Waals surface area (Å²) in [5.74, 6) is -0.561. The number of anilines is 2. The Balaban J connectivity index is 1.61. The van der Waals surface area contributed by atoms with Gasteiger partial charge in [0.15, 0.2) is 0 Å². The lowest BCUT2D eigenvalue weighted by molar-refractivity contribution is -0.115. The molecule has 1 aliphatic heterocycles. The van der Waals surface area contributed by atoms with Gasteiger partial charge in [-0.25, -0.2) is 8.42 Å². The molecule has 1 N–H and O–H groups in total. The zero-order valence-electron chi connectivity index (χ0n) is 12.9. The van der Waals surface area contributed by atoms with E-state index in [1.807, 2.05) is 18.2 Å². The second kappa shape index (κ2) is 6.83. The first kappa shape index (κ1) is 16.8. The number of benzene rings is 2. The summed E-state index contributed by atoms with van der Waals surface area (Å²) in [5, 5.41) is 3.24. The van der Waals surface area contributed by atoms with Gasteiger partial charge in [0.25, 0.3) is 0 Å². The van der Waals surface area contributed by atoms with Gasteiger partial charge in [0.2, 0.25) is 15.9 Å². The monoisotopic (exact) mass is 364 g/mol. The number of carbonyl (C=O) groups excluding carboxylic acids is 1. The molecule has 1 aliphatic rings. The van der Waals surface area contributed by atoms with Gasteiger partial charge in [-0.1, -0.05) is 29.8 Å². The summed E-state index contributed by atoms with van der Waals surface area (Å²) in [6.07, 6.45) is 0.607. The highest BCUT2D eigenvalue weighted by Crippen LogP contribution is 2.30. The predicted octanol–water partition coefficient (Wildman–Crippen LogP) is 3.06. The lowest BCUT2D eigenvalue weighted by Crippen LogP contribution is -2.32. The first-order valence-corrected chi connectivity index (χ1v) is 9.58. The van der Waals surface area contributed by atoms with Crippen LogP contribution in [0.3, 0.4) is 0 Å². The van der Waals surface area contributed by atoms with Crippen molar-refractivity contribution in [2.75, 3.05) is 21.9 Å². The van der Waals surface area contributed by atoms with E-state index in [4.69, 9.17) is 11.6 Å². The Kier molecular flexibility index (Phi) is 4.78. The Bertz CT molecular complexity index is 850. The van der Waals surface area contributed by atoms with Crippen molar-refractivity contribution in [3.63, 3.8) is 0 Å². The molecule has 0 saturated carbocycles. The lowest BCUT2D eigenvalue weighted by Gasteiger charge is -2.19. The minimum absolute atomic E-state index is 0.0936. The minimum atomic E-state index is -3.52. The number of hydrogen-bond donors (Lipinski definition) is 1. The van der Waals surface area contributed by atoms with Crippen LogP contribution in [0.4, 0.5) is 11.4 Å². The van der Waals surface area contributed by atoms with Gasteiger partial charge in [-0.05, 0) is 42.3 Å². The van der Waals surface area contributed by atoms with E-state index in [1.165, 1.54) is 4.31 Å². The second-order valence-corrected chi connectivity index (χ2v) is 8.02. The molecule has 1 heterocycles. The van der Waals surface area contributed by atoms with E-state index in [1.54, 1.807) is 30.3 Å². The standard InChI is InChI=1S/C17H17ClN2O3S/c18-14-5-7-15(8-6-14)19-17(21)10-12-24(22,23)20-11-9-13-3-1-2-4-16(13)20/h1-8H,9-12H2,(H,19,21). The van der Waals surface area contributed by atoms with Crippen LogP contribution in [0.1, 0.15) is 12.0 Å². The maximum absolute atomic E-state index is 12.5. The summed E-state index contributed by atoms with van der Waals surface area (Å²) in [7, 11) is -3.52. The minimum Gasteiger partial charge on any atom is -0.326 e. The fraction of sp³-hybridized carbons (Fsp3) is 0.235. The molecule has 0 unspecified atom stereocenters. The third-order valence-electron chi connectivity index (χ3n) is 3.90. The molecule has 0 aliphatic carbocycles. The van der Waals surface area contributed by atoms with Crippen molar-refractivity contribution < 1.29 is 13.2 Å². The number of hydrogen-bond acceptors (Lipinski definition) is 3. The lowest BCUT2D eigenvalue weighted by atomic mass is 10.2. The molecule has 0 fully saturated rings. The van der Waals surface area contributed by atoms with Gasteiger partial charge >= 0.3 is 0 Å². The summed E-state index contributed by atoms with van der Waals surface area (Å²) in [6, 6.07) is 14.1. The molecule has 0 spiro atoms. The highest BCUT2D eigenvalue weighted by molar-refractivity contribution is 7.92. The van der Waals surface area contributed by atoms with E-state index in [0.29, 0.717) is 23.7 Å². The maximum Gasteiger partial charge on any atom is 0.235 e. The third kappa shape index (κ3) is 3.71. The molecule has 2 aromatic rings. The van der Waals surface area contributed by atoms with E-state index in [-0.39, 0.29) is 18.1 Å². The number of halogens is 1. The van der Waals surface area contributed by atoms with Gasteiger partial charge in [0, 0.05) is 23.7 Å². The Labute approximate surface area is 146 Å². The zero-order valence-corrected chi connectivity index (χ0v) is 14.5. The summed E-state index contributed by atoms with van der Waals surface area (Å²) < 4.78 is 26.5. The average Bonchev–Trinajstić information content (AvgIpc) is 3.00. The van der Waals surface area contributed by atoms with Crippen LogP contribution in [-0.4, -0.2) is 26.6 Å². The highest BCUT2D eigenvalue weighted by atomic mass is 35.5. The summed E-state index contributed by atoms with van der Waals surface area (Å²) in [6.45, 7) is 0.431. The van der Waals surface area contributed by atoms with Crippen LogP contribution >= 0.6 is 11.6 Å². The number of fused-ring (bicyclic) bond motifs is 1. The molecular weight excluding hydrogens is 348 g/mol. The predicted molar refractivity (Wildman–Crippen MR) is 96.0 cm³/mol. The molecule has 1 amide bonds. The number of sulfonamides is 1. The van der Waals surface area contributed by atoms with Gasteiger partial charge < -0.3 is 5.32 Å². The highest BCUT2D eigenvalue weighted by Gasteiger charge is 2.29. The summed E-state index contributed by atoms with van der Waals surface area (Å²) >= 11 is 5.79. The topological polar surface area (TPSA) is 66.5 Å². The Morgan fingerprint density at radius 1 is 1.12 bits per heavy atom. The summed E-state index contributed by atoms with van der Waals surface area (Å²) in [5.41, 5.74) is 2.33. The van der Waals surface area contributed by atoms with E-state index in [0.717, 1.165) is 11.3 Å². The van der Waals surface area contributed by atoms with Crippen molar-refractivity contribution in [1.29, 1.82) is 0 Å². The maximum atomic E-state index is 12.5. The molecule has 5 nitrogen and oxygen atoms in total. The zero-order chi connectivity index (χ0) is 17.2. The van der Waals surface area contributed by atoms with Gasteiger partial charge in [0.05, 0.1) is 11.4 Å². The molecule has 2 aromatic carbocycles. The van der Waals surface area contributed by atoms with Crippen molar-refractivity contribution in [3.05, 3.63) is 59.1 Å². The van der Waals surface area contributed by atoms with Crippen molar-refractivity contribution in [2.45, 2.75) is 12.8 Å². The van der Waals surface area contributed by atoms with Crippen LogP contribution in [0, 0.1) is 0 Å². The number of amides is 1. The molecule has 0 saturated heterocycles. The normalized spacial score (nSPS) is 13.6. The Hall–Kier alpha value is -2.05. The van der Waals surface area contributed by atoms with Gasteiger partial charge in [-0.2, -0.15) is 0 Å². The van der Waals surface area contributed by atoms with E-state index < -0.39 is 10.0 Å². The number of carbonyl (C=O) groups is 1. The van der Waals surface area contributed by atoms with Gasteiger partial charge in [-0.15, -0.1) is 0 Å². The van der Waals surface area contributed by atoms with E-state index >= 15 is 0 Å². The Morgan fingerprint density at radius 3 is 2.58 bits per heavy atom. The first-order chi connectivity index (χ1) is 11.5. The van der Waals surface area contributed by atoms with Crippen LogP contribution in [0.5, 0.6) is 0 Å². The molecule has 0 radical (unpaired) electrons. The number of para-hydroxylation sites is 1. The molecule has 0 bridgehead atoms. The smallest absolute Gasteiger partial charge is 0.235 e. The van der Waals surface area contributed by atoms with Gasteiger partial charge in [0.1, 0.15) is 0 Å². The quantitative estimate of drug-likeness (QED) is 0.886. The van der Waals surface area contributed by atoms with Crippen LogP contribution in [0.25, 0.3) is 0 Å². The molecule has 0 atom stereocenters. The number of rotatable bonds is 5. The van der Waals surface area contributed by atoms with Crippen molar-refractivity contribution in [1.82, 2.24) is 0 Å². The molecule has 7 heteroatoms. The van der Waals surface area contributed by atoms with Crippen LogP contribution in [0.2, 0.25) is 5.02 Å². The van der Waals surface area contributed by atoms with Crippen LogP contribution in [-0.2, 0) is 21.2 Å².